The molecule has 0 heterocycles. The summed E-state index contributed by atoms with van der Waals surface area (Å²) >= 11 is 0.0791. The molecule has 0 aliphatic carbocycles. The van der Waals surface area contributed by atoms with Crippen LogP contribution in [0.3, 0.4) is 0 Å². The van der Waals surface area contributed by atoms with Crippen LogP contribution < -0.4 is 140 Å². The normalized spacial score (nSPS) is 12.1. The minimum atomic E-state index is -5.36. The monoisotopic (exact) mass is 954 g/mol. The van der Waals surface area contributed by atoms with Crippen molar-refractivity contribution in [3.63, 3.8) is 0 Å². The summed E-state index contributed by atoms with van der Waals surface area (Å²) < 4.78 is 140. The maximum Gasteiger partial charge on any atom is 1.00 e. The Morgan fingerprint density at radius 1 is 0.579 bits per heavy atom. The third-order valence-corrected chi connectivity index (χ3v) is 12.2. The van der Waals surface area contributed by atoms with Gasteiger partial charge in [0.2, 0.25) is 0 Å². The van der Waals surface area contributed by atoms with Crippen molar-refractivity contribution in [2.75, 3.05) is 36.2 Å². The van der Waals surface area contributed by atoms with Crippen molar-refractivity contribution in [3.8, 4) is 0 Å². The van der Waals surface area contributed by atoms with Gasteiger partial charge in [0.1, 0.15) is 43.0 Å². The molecule has 4 N–H and O–H groups in total. The average Bonchev–Trinajstić information content (AvgIpc) is 3.08. The minimum absolute atomic E-state index is 0. The zero-order chi connectivity index (χ0) is 39.6. The fourth-order valence-electron chi connectivity index (χ4n) is 3.79. The summed E-state index contributed by atoms with van der Waals surface area (Å²) in [5.41, 5.74) is 10.3. The van der Waals surface area contributed by atoms with Crippen LogP contribution in [0.25, 0.3) is 0 Å². The molecule has 34 heteroatoms. The van der Waals surface area contributed by atoms with E-state index >= 15 is 0 Å². The molecule has 0 aliphatic heterocycles. The first kappa shape index (κ1) is 59.7. The Balaban J connectivity index is 0. The maximum atomic E-state index is 12.6. The molecule has 3 rings (SSSR count). The van der Waals surface area contributed by atoms with Crippen molar-refractivity contribution < 1.29 is 199 Å². The van der Waals surface area contributed by atoms with Gasteiger partial charge in [-0.1, -0.05) is 0 Å². The second kappa shape index (κ2) is 26.9. The third kappa shape index (κ3) is 18.1. The van der Waals surface area contributed by atoms with E-state index in [2.05, 4.69) is 47.6 Å². The fourth-order valence-corrected chi connectivity index (χ4v) is 8.07. The Labute approximate surface area is 422 Å². The standard InChI is InChI=1S/C23H26N6O18S6.4Na/c1-13-22(24)18(28-26-16-4-2-14(10-20(16)52(36,37)38)50(32,33)8-6-42-48-46-44-30)12-19(23(13)25)29-27-17-5-3-15(11-21(17)53(39,40)41)51(34,35)9-7-43-49-47-45-31;;;;/h2-5,10-12,30-31H,6-9,24-25H2,1H3,(H,36,37,38)(H,39,40,41);;;;/q;4*+1/p-4. The number of benzene rings is 3. The summed E-state index contributed by atoms with van der Waals surface area (Å²) in [4.78, 5) is -3.39. The van der Waals surface area contributed by atoms with E-state index in [9.17, 15) is 53.3 Å². The van der Waals surface area contributed by atoms with E-state index in [0.29, 0.717) is 12.1 Å². The summed E-state index contributed by atoms with van der Waals surface area (Å²) in [5, 5.41) is 40.7. The van der Waals surface area contributed by atoms with E-state index in [0.717, 1.165) is 30.3 Å². The Bertz CT molecular complexity index is 2170. The quantitative estimate of drug-likeness (QED) is 0.0155. The Hall–Kier alpha value is 0.560. The van der Waals surface area contributed by atoms with Gasteiger partial charge in [-0.05, 0) is 55.0 Å². The van der Waals surface area contributed by atoms with Crippen LogP contribution in [0.4, 0.5) is 34.1 Å². The van der Waals surface area contributed by atoms with Crippen LogP contribution in [-0.2, 0) is 67.0 Å². The zero-order valence-corrected chi connectivity index (χ0v) is 43.0. The molecule has 0 fully saturated rings. The molecule has 0 bridgehead atoms. The topological polar surface area (TPSA) is 386 Å². The second-order valence-corrected chi connectivity index (χ2v) is 17.6. The molecule has 0 saturated heterocycles. The summed E-state index contributed by atoms with van der Waals surface area (Å²) in [7, 11) is -19.2. The van der Waals surface area contributed by atoms with Crippen LogP contribution >= 0.6 is 24.6 Å². The first-order valence-corrected chi connectivity index (χ1v) is 20.9. The predicted octanol–water partition coefficient (Wildman–Crippen LogP) is -11.0. The first-order valence-electron chi connectivity index (χ1n) is 13.4. The van der Waals surface area contributed by atoms with Crippen LogP contribution in [0, 0.1) is 6.92 Å². The largest absolute Gasteiger partial charge is 1.00 e. The Kier molecular flexibility index (Phi) is 28.2. The number of nitrogen functional groups attached to an aromatic ring is 2. The number of nitrogens with zero attached hydrogens (tertiary/aromatic N) is 4. The van der Waals surface area contributed by atoms with Crippen LogP contribution in [0.5, 0.6) is 0 Å². The van der Waals surface area contributed by atoms with E-state index in [4.69, 9.17) is 11.5 Å². The summed E-state index contributed by atoms with van der Waals surface area (Å²) in [6.45, 7) is 0.317. The smallest absolute Gasteiger partial charge is 0.744 e. The van der Waals surface area contributed by atoms with Gasteiger partial charge in [-0.2, -0.15) is 0 Å². The third-order valence-electron chi connectivity index (χ3n) is 6.36. The SMILES string of the molecule is Cc1c(N)c(N=Nc2ccc(S(=O)(=O)CCOSOO[O-])cc2S(=O)(=O)[O-])cc(N=Nc2ccc(S(=O)(=O)CCOSOO[O-])cc2S(=O)(=O)[O-])c1N.[Na+].[Na+].[Na+].[Na+]. The summed E-state index contributed by atoms with van der Waals surface area (Å²) in [6, 6.07) is 5.72. The van der Waals surface area contributed by atoms with E-state index in [1.165, 1.54) is 6.92 Å². The van der Waals surface area contributed by atoms with E-state index in [-0.39, 0.29) is 171 Å². The number of azo groups is 2. The number of hydrogen-bond donors (Lipinski definition) is 2. The average molecular weight is 955 g/mol. The van der Waals surface area contributed by atoms with Gasteiger partial charge >= 0.3 is 118 Å². The first-order chi connectivity index (χ1) is 24.7. The van der Waals surface area contributed by atoms with Crippen LogP contribution in [0.1, 0.15) is 5.56 Å². The van der Waals surface area contributed by atoms with Gasteiger partial charge in [-0.15, -0.1) is 29.1 Å². The molecule has 57 heavy (non-hydrogen) atoms. The van der Waals surface area contributed by atoms with Gasteiger partial charge in [-0.3, -0.25) is 18.4 Å². The molecule has 0 aliphatic rings. The Morgan fingerprint density at radius 3 is 1.23 bits per heavy atom. The molecule has 24 nitrogen and oxygen atoms in total. The van der Waals surface area contributed by atoms with E-state index < -0.39 is 95.6 Å². The van der Waals surface area contributed by atoms with Crippen molar-refractivity contribution in [1.29, 1.82) is 0 Å². The molecule has 3 aromatic rings. The number of anilines is 2. The van der Waals surface area contributed by atoms with E-state index in [1.807, 2.05) is 0 Å². The molecule has 0 radical (unpaired) electrons. The van der Waals surface area contributed by atoms with Gasteiger partial charge in [0.05, 0.1) is 55.7 Å². The minimum Gasteiger partial charge on any atom is -0.744 e. The maximum absolute atomic E-state index is 12.6. The molecular formula is C23H22N6Na4O18S6. The Morgan fingerprint density at radius 2 is 0.912 bits per heavy atom. The van der Waals surface area contributed by atoms with Crippen molar-refractivity contribution in [2.24, 2.45) is 20.5 Å². The van der Waals surface area contributed by atoms with Gasteiger partial charge in [0, 0.05) is 0 Å². The summed E-state index contributed by atoms with van der Waals surface area (Å²) in [5.74, 6) is -1.48. The molecular weight excluding hydrogens is 933 g/mol. The predicted molar refractivity (Wildman–Crippen MR) is 173 cm³/mol. The number of hydrogen-bond acceptors (Lipinski definition) is 26. The molecule has 0 spiro atoms. The van der Waals surface area contributed by atoms with Crippen molar-refractivity contribution >= 4 is 98.7 Å². The molecule has 0 aromatic heterocycles. The van der Waals surface area contributed by atoms with Crippen molar-refractivity contribution in [1.82, 2.24) is 0 Å². The molecule has 0 atom stereocenters. The van der Waals surface area contributed by atoms with Crippen molar-refractivity contribution in [2.45, 2.75) is 26.5 Å². The van der Waals surface area contributed by atoms with Crippen LogP contribution in [-0.4, -0.2) is 67.5 Å². The molecule has 0 amide bonds. The van der Waals surface area contributed by atoms with Gasteiger partial charge in [-0.25, -0.2) is 33.7 Å². The van der Waals surface area contributed by atoms with Gasteiger partial charge in [0.15, 0.2) is 44.3 Å². The summed E-state index contributed by atoms with van der Waals surface area (Å²) in [6.07, 6.45) is 0. The van der Waals surface area contributed by atoms with Gasteiger partial charge < -0.3 is 31.1 Å². The molecule has 3 aromatic carbocycles. The van der Waals surface area contributed by atoms with Crippen LogP contribution in [0.2, 0.25) is 0 Å². The zero-order valence-electron chi connectivity index (χ0n) is 30.1. The van der Waals surface area contributed by atoms with E-state index in [1.54, 1.807) is 0 Å². The molecule has 0 saturated carbocycles. The second-order valence-electron chi connectivity index (χ2n) is 9.62. The molecule has 292 valence electrons. The number of rotatable bonds is 20. The fraction of sp³-hybridized carbons (Fsp3) is 0.217. The van der Waals surface area contributed by atoms with Crippen LogP contribution in [0.15, 0.2) is 82.5 Å². The molecule has 0 unspecified atom stereocenters. The van der Waals surface area contributed by atoms with Crippen molar-refractivity contribution in [3.05, 3.63) is 48.0 Å². The number of sulfone groups is 2. The van der Waals surface area contributed by atoms with Gasteiger partial charge in [0.25, 0.3) is 0 Å². The number of nitrogens with two attached hydrogens (primary N) is 2.